The van der Waals surface area contributed by atoms with Gasteiger partial charge in [0.1, 0.15) is 5.82 Å². The first-order valence-electron chi connectivity index (χ1n) is 7.40. The summed E-state index contributed by atoms with van der Waals surface area (Å²) in [5.41, 5.74) is 2.16. The first kappa shape index (κ1) is 16.8. The highest BCUT2D eigenvalue weighted by molar-refractivity contribution is 9.10. The first-order chi connectivity index (χ1) is 9.90. The Kier molecular flexibility index (Phi) is 5.69. The molecule has 1 unspecified atom stereocenters. The second-order valence-corrected chi connectivity index (χ2v) is 7.37. The number of hydrogen-bond donors (Lipinski definition) is 0. The number of benzene rings is 1. The quantitative estimate of drug-likeness (QED) is 0.677. The number of rotatable bonds is 6. The summed E-state index contributed by atoms with van der Waals surface area (Å²) in [5, 5.41) is -0.0843. The number of hydrogen-bond acceptors (Lipinski definition) is 2. The van der Waals surface area contributed by atoms with E-state index in [2.05, 4.69) is 64.5 Å². The van der Waals surface area contributed by atoms with Crippen LogP contribution in [-0.2, 0) is 6.54 Å². The van der Waals surface area contributed by atoms with Gasteiger partial charge in [-0.25, -0.2) is 4.98 Å². The molecule has 1 aromatic carbocycles. The van der Waals surface area contributed by atoms with Gasteiger partial charge in [-0.15, -0.1) is 11.6 Å². The summed E-state index contributed by atoms with van der Waals surface area (Å²) < 4.78 is 3.31. The van der Waals surface area contributed by atoms with Crippen molar-refractivity contribution in [1.29, 1.82) is 0 Å². The van der Waals surface area contributed by atoms with Gasteiger partial charge in [0.15, 0.2) is 0 Å². The van der Waals surface area contributed by atoms with Crippen LogP contribution >= 0.6 is 27.5 Å². The molecule has 3 nitrogen and oxygen atoms in total. The molecule has 0 saturated carbocycles. The lowest BCUT2D eigenvalue weighted by atomic mass is 10.3. The van der Waals surface area contributed by atoms with E-state index in [9.17, 15) is 0 Å². The summed E-state index contributed by atoms with van der Waals surface area (Å²) in [6, 6.07) is 6.80. The van der Waals surface area contributed by atoms with Crippen molar-refractivity contribution in [2.75, 3.05) is 13.6 Å². The topological polar surface area (TPSA) is 21.1 Å². The van der Waals surface area contributed by atoms with Crippen molar-refractivity contribution in [3.05, 3.63) is 28.5 Å². The van der Waals surface area contributed by atoms with Crippen LogP contribution in [0.1, 0.15) is 38.4 Å². The zero-order valence-electron chi connectivity index (χ0n) is 13.1. The van der Waals surface area contributed by atoms with Crippen LogP contribution in [0.15, 0.2) is 22.7 Å². The van der Waals surface area contributed by atoms with E-state index < -0.39 is 0 Å². The maximum Gasteiger partial charge on any atom is 0.127 e. The zero-order chi connectivity index (χ0) is 15.6. The predicted octanol–water partition coefficient (Wildman–Crippen LogP) is 4.83. The average Bonchev–Trinajstić information content (AvgIpc) is 2.76. The second-order valence-electron chi connectivity index (χ2n) is 5.80. The fourth-order valence-electron chi connectivity index (χ4n) is 2.40. The molecule has 1 heterocycles. The van der Waals surface area contributed by atoms with Gasteiger partial charge < -0.3 is 9.47 Å². The number of aromatic nitrogens is 2. The highest BCUT2D eigenvalue weighted by Crippen LogP contribution is 2.26. The van der Waals surface area contributed by atoms with Gasteiger partial charge in [-0.05, 0) is 59.0 Å². The maximum atomic E-state index is 6.31. The van der Waals surface area contributed by atoms with Gasteiger partial charge in [-0.1, -0.05) is 15.9 Å². The minimum absolute atomic E-state index is 0.0843. The second kappa shape index (κ2) is 7.12. The van der Waals surface area contributed by atoms with Crippen molar-refractivity contribution in [3.8, 4) is 0 Å². The summed E-state index contributed by atoms with van der Waals surface area (Å²) in [6.45, 7) is 8.44. The molecule has 0 spiro atoms. The minimum Gasteiger partial charge on any atom is -0.327 e. The highest BCUT2D eigenvalue weighted by atomic mass is 79.9. The van der Waals surface area contributed by atoms with Crippen LogP contribution < -0.4 is 0 Å². The summed E-state index contributed by atoms with van der Waals surface area (Å²) in [4.78, 5) is 7.05. The van der Waals surface area contributed by atoms with Crippen molar-refractivity contribution >= 4 is 38.6 Å². The zero-order valence-corrected chi connectivity index (χ0v) is 15.4. The van der Waals surface area contributed by atoms with Gasteiger partial charge in [-0.3, -0.25) is 0 Å². The smallest absolute Gasteiger partial charge is 0.127 e. The van der Waals surface area contributed by atoms with E-state index in [4.69, 9.17) is 16.6 Å². The molecule has 1 atom stereocenters. The molecule has 0 amide bonds. The molecule has 2 rings (SSSR count). The maximum absolute atomic E-state index is 6.31. The van der Waals surface area contributed by atoms with Crippen molar-refractivity contribution < 1.29 is 0 Å². The fraction of sp³-hybridized carbons (Fsp3) is 0.562. The Morgan fingerprint density at radius 3 is 2.67 bits per heavy atom. The van der Waals surface area contributed by atoms with Crippen LogP contribution in [-0.4, -0.2) is 34.1 Å². The Bertz CT molecular complexity index is 607. The van der Waals surface area contributed by atoms with Gasteiger partial charge in [0, 0.05) is 17.1 Å². The third-order valence-corrected chi connectivity index (χ3v) is 4.56. The average molecular weight is 373 g/mol. The molecule has 0 saturated heterocycles. The molecule has 0 radical (unpaired) electrons. The Hall–Kier alpha value is -0.580. The van der Waals surface area contributed by atoms with Gasteiger partial charge in [0.2, 0.25) is 0 Å². The molecule has 0 fully saturated rings. The third kappa shape index (κ3) is 3.99. The van der Waals surface area contributed by atoms with Crippen LogP contribution in [0.4, 0.5) is 0 Å². The molecule has 0 aliphatic carbocycles. The Morgan fingerprint density at radius 1 is 1.33 bits per heavy atom. The van der Waals surface area contributed by atoms with E-state index in [0.717, 1.165) is 40.8 Å². The van der Waals surface area contributed by atoms with Crippen molar-refractivity contribution in [1.82, 2.24) is 14.5 Å². The van der Waals surface area contributed by atoms with Gasteiger partial charge >= 0.3 is 0 Å². The molecule has 116 valence electrons. The number of alkyl halides is 1. The largest absolute Gasteiger partial charge is 0.327 e. The molecular formula is C16H23BrClN3. The highest BCUT2D eigenvalue weighted by Gasteiger charge is 2.15. The molecule has 0 aliphatic rings. The SMILES string of the molecule is CC(Cl)c1nc2cc(Br)ccc2n1CCCN(C)C(C)C. The van der Waals surface area contributed by atoms with Crippen molar-refractivity contribution in [3.63, 3.8) is 0 Å². The van der Waals surface area contributed by atoms with Crippen LogP contribution in [0.3, 0.4) is 0 Å². The lowest BCUT2D eigenvalue weighted by molar-refractivity contribution is 0.265. The van der Waals surface area contributed by atoms with E-state index in [1.807, 2.05) is 6.92 Å². The van der Waals surface area contributed by atoms with E-state index in [1.165, 1.54) is 0 Å². The van der Waals surface area contributed by atoms with Crippen LogP contribution in [0.2, 0.25) is 0 Å². The summed E-state index contributed by atoms with van der Waals surface area (Å²) in [5.74, 6) is 0.956. The lowest BCUT2D eigenvalue weighted by Crippen LogP contribution is -2.28. The van der Waals surface area contributed by atoms with Crippen LogP contribution in [0.25, 0.3) is 11.0 Å². The fourth-order valence-corrected chi connectivity index (χ4v) is 2.91. The summed E-state index contributed by atoms with van der Waals surface area (Å²) >= 11 is 9.81. The monoisotopic (exact) mass is 371 g/mol. The molecule has 0 N–H and O–H groups in total. The number of halogens is 2. The minimum atomic E-state index is -0.0843. The summed E-state index contributed by atoms with van der Waals surface area (Å²) in [7, 11) is 2.17. The van der Waals surface area contributed by atoms with E-state index in [1.54, 1.807) is 0 Å². The molecule has 21 heavy (non-hydrogen) atoms. The van der Waals surface area contributed by atoms with Crippen molar-refractivity contribution in [2.24, 2.45) is 0 Å². The molecule has 0 bridgehead atoms. The number of nitrogens with zero attached hydrogens (tertiary/aromatic N) is 3. The third-order valence-electron chi connectivity index (χ3n) is 3.87. The Morgan fingerprint density at radius 2 is 2.05 bits per heavy atom. The number of imidazole rings is 1. The lowest BCUT2D eigenvalue weighted by Gasteiger charge is -2.21. The number of aryl methyl sites for hydroxylation is 1. The van der Waals surface area contributed by atoms with Gasteiger partial charge in [0.25, 0.3) is 0 Å². The molecule has 2 aromatic rings. The molecular weight excluding hydrogens is 350 g/mol. The standard InChI is InChI=1S/C16H23BrClN3/c1-11(2)20(4)8-5-9-21-15-7-6-13(17)10-14(15)19-16(21)12(3)18/h6-7,10-12H,5,8-9H2,1-4H3. The Balaban J connectivity index is 2.22. The van der Waals surface area contributed by atoms with Crippen molar-refractivity contribution in [2.45, 2.75) is 45.2 Å². The van der Waals surface area contributed by atoms with E-state index >= 15 is 0 Å². The van der Waals surface area contributed by atoms with E-state index in [0.29, 0.717) is 6.04 Å². The van der Waals surface area contributed by atoms with Gasteiger partial charge in [-0.2, -0.15) is 0 Å². The molecule has 1 aromatic heterocycles. The normalized spacial score (nSPS) is 13.5. The number of fused-ring (bicyclic) bond motifs is 1. The van der Waals surface area contributed by atoms with Crippen LogP contribution in [0.5, 0.6) is 0 Å². The van der Waals surface area contributed by atoms with E-state index in [-0.39, 0.29) is 5.38 Å². The van der Waals surface area contributed by atoms with Crippen LogP contribution in [0, 0.1) is 0 Å². The summed E-state index contributed by atoms with van der Waals surface area (Å²) in [6.07, 6.45) is 1.09. The molecule has 0 aliphatic heterocycles. The van der Waals surface area contributed by atoms with Gasteiger partial charge in [0.05, 0.1) is 16.4 Å². The Labute approximate surface area is 140 Å². The first-order valence-corrected chi connectivity index (χ1v) is 8.63. The molecule has 5 heteroatoms. The predicted molar refractivity (Wildman–Crippen MR) is 94.1 cm³/mol.